The van der Waals surface area contributed by atoms with E-state index in [0.29, 0.717) is 24.2 Å². The fourth-order valence-electron chi connectivity index (χ4n) is 1.22. The van der Waals surface area contributed by atoms with Gasteiger partial charge >= 0.3 is 0 Å². The summed E-state index contributed by atoms with van der Waals surface area (Å²) in [5, 5.41) is 21.0. The summed E-state index contributed by atoms with van der Waals surface area (Å²) in [6.45, 7) is 2.37. The quantitative estimate of drug-likeness (QED) is 0.647. The average molecular weight is 205 g/mol. The summed E-state index contributed by atoms with van der Waals surface area (Å²) in [6.07, 6.45) is 0.312. The molecule has 0 saturated carbocycles. The van der Waals surface area contributed by atoms with E-state index >= 15 is 0 Å². The van der Waals surface area contributed by atoms with Gasteiger partial charge in [-0.15, -0.1) is 0 Å². The van der Waals surface area contributed by atoms with Gasteiger partial charge in [-0.05, 0) is 31.5 Å². The van der Waals surface area contributed by atoms with Gasteiger partial charge in [-0.25, -0.2) is 0 Å². The number of anilines is 2. The lowest BCUT2D eigenvalue weighted by Crippen LogP contribution is -2.10. The standard InChI is InChI=1S/C11H15N3O/c1-8(15)4-5-14-11-3-2-10(13)6-9(11)7-12/h2-3,6,8,14-15H,4-5,13H2,1H3. The van der Waals surface area contributed by atoms with E-state index in [9.17, 15) is 0 Å². The van der Waals surface area contributed by atoms with Gasteiger partial charge < -0.3 is 16.2 Å². The molecule has 0 aliphatic carbocycles. The fraction of sp³-hybridized carbons (Fsp3) is 0.364. The number of hydrogen-bond donors (Lipinski definition) is 3. The van der Waals surface area contributed by atoms with Gasteiger partial charge in [-0.3, -0.25) is 0 Å². The monoisotopic (exact) mass is 205 g/mol. The Morgan fingerprint density at radius 2 is 2.33 bits per heavy atom. The first-order chi connectivity index (χ1) is 7.13. The molecular weight excluding hydrogens is 190 g/mol. The van der Waals surface area contributed by atoms with Crippen LogP contribution in [0, 0.1) is 11.3 Å². The summed E-state index contributed by atoms with van der Waals surface area (Å²) in [5.74, 6) is 0. The van der Waals surface area contributed by atoms with Crippen LogP contribution in [-0.2, 0) is 0 Å². The Balaban J connectivity index is 2.65. The van der Waals surface area contributed by atoms with E-state index in [0.717, 1.165) is 5.69 Å². The molecule has 0 spiro atoms. The Bertz CT molecular complexity index is 369. The van der Waals surface area contributed by atoms with Crippen LogP contribution in [0.4, 0.5) is 11.4 Å². The Morgan fingerprint density at radius 1 is 1.60 bits per heavy atom. The minimum atomic E-state index is -0.336. The van der Waals surface area contributed by atoms with Crippen LogP contribution >= 0.6 is 0 Å². The van der Waals surface area contributed by atoms with E-state index in [4.69, 9.17) is 16.1 Å². The van der Waals surface area contributed by atoms with Crippen molar-refractivity contribution >= 4 is 11.4 Å². The molecule has 0 aliphatic rings. The Labute approximate surface area is 89.3 Å². The highest BCUT2D eigenvalue weighted by Gasteiger charge is 2.02. The second-order valence-corrected chi connectivity index (χ2v) is 3.48. The molecule has 4 nitrogen and oxygen atoms in total. The normalized spacial score (nSPS) is 11.8. The van der Waals surface area contributed by atoms with Gasteiger partial charge in [0.25, 0.3) is 0 Å². The van der Waals surface area contributed by atoms with Gasteiger partial charge in [0.05, 0.1) is 17.4 Å². The van der Waals surface area contributed by atoms with Crippen molar-refractivity contribution in [2.75, 3.05) is 17.6 Å². The van der Waals surface area contributed by atoms with Crippen molar-refractivity contribution in [1.82, 2.24) is 0 Å². The van der Waals surface area contributed by atoms with E-state index in [-0.39, 0.29) is 6.10 Å². The predicted molar refractivity (Wildman–Crippen MR) is 60.4 cm³/mol. The third-order valence-electron chi connectivity index (χ3n) is 2.04. The van der Waals surface area contributed by atoms with Crippen LogP contribution < -0.4 is 11.1 Å². The van der Waals surface area contributed by atoms with Crippen molar-refractivity contribution in [1.29, 1.82) is 5.26 Å². The van der Waals surface area contributed by atoms with Crippen molar-refractivity contribution in [3.05, 3.63) is 23.8 Å². The van der Waals surface area contributed by atoms with Crippen molar-refractivity contribution in [3.8, 4) is 6.07 Å². The second kappa shape index (κ2) is 5.23. The maximum Gasteiger partial charge on any atom is 0.101 e. The number of nitrogens with zero attached hydrogens (tertiary/aromatic N) is 1. The molecule has 4 N–H and O–H groups in total. The second-order valence-electron chi connectivity index (χ2n) is 3.48. The number of nitrogens with one attached hydrogen (secondary N) is 1. The van der Waals surface area contributed by atoms with Gasteiger partial charge in [0.1, 0.15) is 6.07 Å². The molecule has 1 rings (SSSR count). The lowest BCUT2D eigenvalue weighted by Gasteiger charge is -2.09. The Kier molecular flexibility index (Phi) is 3.95. The van der Waals surface area contributed by atoms with Crippen molar-refractivity contribution < 1.29 is 5.11 Å². The van der Waals surface area contributed by atoms with Gasteiger partial charge in [-0.2, -0.15) is 5.26 Å². The number of rotatable bonds is 4. The highest BCUT2D eigenvalue weighted by Crippen LogP contribution is 2.17. The molecule has 0 aliphatic heterocycles. The van der Waals surface area contributed by atoms with Crippen LogP contribution in [0.25, 0.3) is 0 Å². The summed E-state index contributed by atoms with van der Waals surface area (Å²) in [5.41, 5.74) is 7.42. The first-order valence-electron chi connectivity index (χ1n) is 4.85. The van der Waals surface area contributed by atoms with Crippen LogP contribution in [-0.4, -0.2) is 17.8 Å². The van der Waals surface area contributed by atoms with Crippen LogP contribution in [0.2, 0.25) is 0 Å². The van der Waals surface area contributed by atoms with E-state index < -0.39 is 0 Å². The average Bonchev–Trinajstić information content (AvgIpc) is 2.19. The minimum absolute atomic E-state index is 0.336. The Morgan fingerprint density at radius 3 is 2.93 bits per heavy atom. The molecule has 1 unspecified atom stereocenters. The number of hydrogen-bond acceptors (Lipinski definition) is 4. The number of nitrogens with two attached hydrogens (primary N) is 1. The first-order valence-corrected chi connectivity index (χ1v) is 4.85. The molecule has 0 fully saturated rings. The van der Waals surface area contributed by atoms with Crippen LogP contribution in [0.1, 0.15) is 18.9 Å². The molecule has 0 bridgehead atoms. The van der Waals surface area contributed by atoms with Crippen molar-refractivity contribution in [3.63, 3.8) is 0 Å². The molecule has 80 valence electrons. The number of benzene rings is 1. The zero-order valence-corrected chi connectivity index (χ0v) is 8.70. The maximum atomic E-state index is 9.08. The number of nitriles is 1. The molecule has 0 radical (unpaired) electrons. The highest BCUT2D eigenvalue weighted by atomic mass is 16.3. The molecule has 1 aromatic carbocycles. The number of aliphatic hydroxyl groups excluding tert-OH is 1. The minimum Gasteiger partial charge on any atom is -0.399 e. The molecule has 0 aromatic heterocycles. The fourth-order valence-corrected chi connectivity index (χ4v) is 1.22. The zero-order valence-electron chi connectivity index (χ0n) is 8.70. The third-order valence-corrected chi connectivity index (χ3v) is 2.04. The summed E-state index contributed by atoms with van der Waals surface area (Å²) in [7, 11) is 0. The lowest BCUT2D eigenvalue weighted by molar-refractivity contribution is 0.189. The van der Waals surface area contributed by atoms with E-state index in [1.54, 1.807) is 25.1 Å². The summed E-state index contributed by atoms with van der Waals surface area (Å²) >= 11 is 0. The molecule has 0 amide bonds. The van der Waals surface area contributed by atoms with Gasteiger partial charge in [0.2, 0.25) is 0 Å². The maximum absolute atomic E-state index is 9.08. The molecule has 4 heteroatoms. The van der Waals surface area contributed by atoms with Crippen molar-refractivity contribution in [2.24, 2.45) is 0 Å². The van der Waals surface area contributed by atoms with E-state index in [1.807, 2.05) is 0 Å². The van der Waals surface area contributed by atoms with Gasteiger partial charge in [0, 0.05) is 12.2 Å². The third kappa shape index (κ3) is 3.49. The molecule has 1 atom stereocenters. The summed E-state index contributed by atoms with van der Waals surface area (Å²) in [4.78, 5) is 0. The highest BCUT2D eigenvalue weighted by molar-refractivity contribution is 5.62. The molecule has 1 aromatic rings. The smallest absolute Gasteiger partial charge is 0.101 e. The first kappa shape index (κ1) is 11.3. The number of aliphatic hydroxyl groups is 1. The van der Waals surface area contributed by atoms with E-state index in [1.165, 1.54) is 0 Å². The molecule has 0 saturated heterocycles. The molecule has 0 heterocycles. The Hall–Kier alpha value is -1.73. The lowest BCUT2D eigenvalue weighted by atomic mass is 10.1. The van der Waals surface area contributed by atoms with Crippen LogP contribution in [0.5, 0.6) is 0 Å². The van der Waals surface area contributed by atoms with E-state index in [2.05, 4.69) is 11.4 Å². The topological polar surface area (TPSA) is 82.1 Å². The molecular formula is C11H15N3O. The zero-order chi connectivity index (χ0) is 11.3. The van der Waals surface area contributed by atoms with Gasteiger partial charge in [-0.1, -0.05) is 0 Å². The van der Waals surface area contributed by atoms with Crippen LogP contribution in [0.15, 0.2) is 18.2 Å². The van der Waals surface area contributed by atoms with Crippen molar-refractivity contribution in [2.45, 2.75) is 19.4 Å². The van der Waals surface area contributed by atoms with Crippen LogP contribution in [0.3, 0.4) is 0 Å². The summed E-state index contributed by atoms with van der Waals surface area (Å²) < 4.78 is 0. The summed E-state index contributed by atoms with van der Waals surface area (Å²) in [6, 6.07) is 7.21. The predicted octanol–water partition coefficient (Wildman–Crippen LogP) is 1.32. The SMILES string of the molecule is CC(O)CCNc1ccc(N)cc1C#N. The number of nitrogen functional groups attached to an aromatic ring is 1. The van der Waals surface area contributed by atoms with Gasteiger partial charge in [0.15, 0.2) is 0 Å². The largest absolute Gasteiger partial charge is 0.399 e. The molecule has 15 heavy (non-hydrogen) atoms.